The van der Waals surface area contributed by atoms with Crippen molar-refractivity contribution in [1.29, 1.82) is 0 Å². The van der Waals surface area contributed by atoms with E-state index in [9.17, 15) is 9.59 Å². The van der Waals surface area contributed by atoms with Gasteiger partial charge in [0.15, 0.2) is 0 Å². The number of amides is 3. The van der Waals surface area contributed by atoms with E-state index in [0.29, 0.717) is 54.8 Å². The molecule has 1 saturated heterocycles. The summed E-state index contributed by atoms with van der Waals surface area (Å²) in [4.78, 5) is 27.9. The lowest BCUT2D eigenvalue weighted by Crippen LogP contribution is -2.37. The molecule has 0 atom stereocenters. The van der Waals surface area contributed by atoms with Gasteiger partial charge in [0.2, 0.25) is 0 Å². The Bertz CT molecular complexity index is 1210. The molecule has 0 aromatic heterocycles. The second-order valence-corrected chi connectivity index (χ2v) is 8.97. The van der Waals surface area contributed by atoms with Crippen molar-refractivity contribution in [1.82, 2.24) is 5.32 Å². The summed E-state index contributed by atoms with van der Waals surface area (Å²) in [6.07, 6.45) is 0. The third-order valence-corrected chi connectivity index (χ3v) is 6.12. The van der Waals surface area contributed by atoms with Gasteiger partial charge in [-0.15, -0.1) is 0 Å². The van der Waals surface area contributed by atoms with Gasteiger partial charge in [-0.05, 0) is 55.3 Å². The molecule has 4 rings (SSSR count). The van der Waals surface area contributed by atoms with E-state index < -0.39 is 6.03 Å². The van der Waals surface area contributed by atoms with E-state index in [4.69, 9.17) is 16.3 Å². The standard InChI is InChI=1S/C27H29ClN4O3/c1-18-3-6-20(7-4-18)17-29-26(33)21-8-10-25(32-11-13-35-14-12-32)24(16-21)31-27(34)30-23-9-5-19(2)15-22(23)28/h3-10,15-16H,11-14,17H2,1-2H3,(H,29,33)(H2,30,31,34). The van der Waals surface area contributed by atoms with Gasteiger partial charge in [0.25, 0.3) is 5.91 Å². The van der Waals surface area contributed by atoms with Crippen molar-refractivity contribution >= 4 is 40.6 Å². The molecular formula is C27H29ClN4O3. The highest BCUT2D eigenvalue weighted by Gasteiger charge is 2.19. The third kappa shape index (κ3) is 6.53. The molecule has 0 saturated carbocycles. The molecule has 8 heteroatoms. The summed E-state index contributed by atoms with van der Waals surface area (Å²) < 4.78 is 5.47. The number of ether oxygens (including phenoxy) is 1. The molecule has 35 heavy (non-hydrogen) atoms. The minimum absolute atomic E-state index is 0.218. The largest absolute Gasteiger partial charge is 0.378 e. The van der Waals surface area contributed by atoms with E-state index >= 15 is 0 Å². The van der Waals surface area contributed by atoms with Crippen LogP contribution in [-0.2, 0) is 11.3 Å². The SMILES string of the molecule is Cc1ccc(CNC(=O)c2ccc(N3CCOCC3)c(NC(=O)Nc3ccc(C)cc3Cl)c2)cc1. The lowest BCUT2D eigenvalue weighted by Gasteiger charge is -2.30. The Labute approximate surface area is 210 Å². The van der Waals surface area contributed by atoms with Gasteiger partial charge < -0.3 is 25.6 Å². The van der Waals surface area contributed by atoms with Crippen LogP contribution in [-0.4, -0.2) is 38.2 Å². The Balaban J connectivity index is 1.52. The summed E-state index contributed by atoms with van der Waals surface area (Å²) >= 11 is 6.27. The topological polar surface area (TPSA) is 82.7 Å². The average Bonchev–Trinajstić information content (AvgIpc) is 2.86. The van der Waals surface area contributed by atoms with Gasteiger partial charge in [0.1, 0.15) is 0 Å². The summed E-state index contributed by atoms with van der Waals surface area (Å²) in [5, 5.41) is 9.10. The molecule has 3 N–H and O–H groups in total. The number of hydrogen-bond acceptors (Lipinski definition) is 4. The highest BCUT2D eigenvalue weighted by molar-refractivity contribution is 6.33. The van der Waals surface area contributed by atoms with E-state index in [2.05, 4.69) is 20.9 Å². The maximum absolute atomic E-state index is 12.9. The first-order valence-electron chi connectivity index (χ1n) is 11.5. The zero-order chi connectivity index (χ0) is 24.8. The smallest absolute Gasteiger partial charge is 0.323 e. The number of morpholine rings is 1. The van der Waals surface area contributed by atoms with Crippen LogP contribution in [0.3, 0.4) is 0 Å². The number of aryl methyl sites for hydroxylation is 2. The van der Waals surface area contributed by atoms with Crippen molar-refractivity contribution in [3.63, 3.8) is 0 Å². The number of rotatable bonds is 6. The Morgan fingerprint density at radius 1 is 0.886 bits per heavy atom. The summed E-state index contributed by atoms with van der Waals surface area (Å²) in [6.45, 7) is 6.96. The molecule has 0 unspecified atom stereocenters. The van der Waals surface area contributed by atoms with Crippen molar-refractivity contribution < 1.29 is 14.3 Å². The minimum atomic E-state index is -0.442. The zero-order valence-electron chi connectivity index (χ0n) is 19.9. The normalized spacial score (nSPS) is 13.3. The van der Waals surface area contributed by atoms with E-state index in [1.165, 1.54) is 5.56 Å². The number of carbonyl (C=O) groups excluding carboxylic acids is 2. The van der Waals surface area contributed by atoms with Gasteiger partial charge in [0, 0.05) is 25.2 Å². The summed E-state index contributed by atoms with van der Waals surface area (Å²) in [6, 6.07) is 18.3. The third-order valence-electron chi connectivity index (χ3n) is 5.81. The predicted molar refractivity (Wildman–Crippen MR) is 141 cm³/mol. The quantitative estimate of drug-likeness (QED) is 0.432. The van der Waals surface area contributed by atoms with Crippen LogP contribution in [0.15, 0.2) is 60.7 Å². The van der Waals surface area contributed by atoms with Crippen LogP contribution >= 0.6 is 11.6 Å². The first-order valence-corrected chi connectivity index (χ1v) is 11.9. The van der Waals surface area contributed by atoms with Crippen LogP contribution in [0.4, 0.5) is 21.9 Å². The van der Waals surface area contributed by atoms with Gasteiger partial charge in [-0.3, -0.25) is 4.79 Å². The summed E-state index contributed by atoms with van der Waals surface area (Å²) in [5.74, 6) is -0.218. The van der Waals surface area contributed by atoms with Gasteiger partial charge >= 0.3 is 6.03 Å². The number of nitrogens with zero attached hydrogens (tertiary/aromatic N) is 1. The minimum Gasteiger partial charge on any atom is -0.378 e. The fraction of sp³-hybridized carbons (Fsp3) is 0.259. The van der Waals surface area contributed by atoms with E-state index in [-0.39, 0.29) is 5.91 Å². The molecule has 0 bridgehead atoms. The van der Waals surface area contributed by atoms with E-state index in [1.54, 1.807) is 24.3 Å². The summed E-state index contributed by atoms with van der Waals surface area (Å²) in [5.41, 5.74) is 5.51. The lowest BCUT2D eigenvalue weighted by atomic mass is 10.1. The number of anilines is 3. The molecule has 0 aliphatic carbocycles. The lowest BCUT2D eigenvalue weighted by molar-refractivity contribution is 0.0951. The van der Waals surface area contributed by atoms with E-state index in [1.807, 2.05) is 50.2 Å². The number of carbonyl (C=O) groups is 2. The maximum Gasteiger partial charge on any atom is 0.323 e. The van der Waals surface area contributed by atoms with Gasteiger partial charge in [-0.1, -0.05) is 47.5 Å². The molecule has 1 aliphatic rings. The van der Waals surface area contributed by atoms with Gasteiger partial charge in [0.05, 0.1) is 35.3 Å². The van der Waals surface area contributed by atoms with Gasteiger partial charge in [-0.2, -0.15) is 0 Å². The number of hydrogen-bond donors (Lipinski definition) is 3. The second-order valence-electron chi connectivity index (χ2n) is 8.56. The molecule has 1 heterocycles. The van der Waals surface area contributed by atoms with Crippen molar-refractivity contribution in [2.24, 2.45) is 0 Å². The number of benzene rings is 3. The molecular weight excluding hydrogens is 464 g/mol. The summed E-state index contributed by atoms with van der Waals surface area (Å²) in [7, 11) is 0. The van der Waals surface area contributed by atoms with Crippen LogP contribution in [0.2, 0.25) is 5.02 Å². The van der Waals surface area contributed by atoms with Gasteiger partial charge in [-0.25, -0.2) is 4.79 Å². The Hall–Kier alpha value is -3.55. The highest BCUT2D eigenvalue weighted by atomic mass is 35.5. The molecule has 0 radical (unpaired) electrons. The number of nitrogens with one attached hydrogen (secondary N) is 3. The Kier molecular flexibility index (Phi) is 7.90. The Morgan fingerprint density at radius 3 is 2.29 bits per heavy atom. The first-order chi connectivity index (χ1) is 16.9. The molecule has 3 aromatic carbocycles. The molecule has 0 spiro atoms. The van der Waals surface area contributed by atoms with Crippen LogP contribution in [0, 0.1) is 13.8 Å². The molecule has 3 amide bonds. The zero-order valence-corrected chi connectivity index (χ0v) is 20.6. The van der Waals surface area contributed by atoms with Crippen molar-refractivity contribution in [3.8, 4) is 0 Å². The molecule has 3 aromatic rings. The fourth-order valence-corrected chi connectivity index (χ4v) is 4.13. The van der Waals surface area contributed by atoms with Crippen molar-refractivity contribution in [3.05, 3.63) is 87.9 Å². The molecule has 7 nitrogen and oxygen atoms in total. The highest BCUT2D eigenvalue weighted by Crippen LogP contribution is 2.29. The number of halogens is 1. The average molecular weight is 493 g/mol. The Morgan fingerprint density at radius 2 is 1.57 bits per heavy atom. The molecule has 182 valence electrons. The number of urea groups is 1. The van der Waals surface area contributed by atoms with Crippen molar-refractivity contribution in [2.75, 3.05) is 41.8 Å². The van der Waals surface area contributed by atoms with Crippen LogP contribution in [0.5, 0.6) is 0 Å². The maximum atomic E-state index is 12.9. The molecule has 1 aliphatic heterocycles. The molecule has 1 fully saturated rings. The van der Waals surface area contributed by atoms with Crippen LogP contribution < -0.4 is 20.9 Å². The first kappa shape index (κ1) is 24.6. The van der Waals surface area contributed by atoms with Crippen molar-refractivity contribution in [2.45, 2.75) is 20.4 Å². The fourth-order valence-electron chi connectivity index (χ4n) is 3.85. The second kappa shape index (κ2) is 11.3. The monoisotopic (exact) mass is 492 g/mol. The predicted octanol–water partition coefficient (Wildman–Crippen LogP) is 5.37. The van der Waals surface area contributed by atoms with E-state index in [0.717, 1.165) is 16.8 Å². The van der Waals surface area contributed by atoms with Crippen LogP contribution in [0.1, 0.15) is 27.0 Å². The van der Waals surface area contributed by atoms with Crippen LogP contribution in [0.25, 0.3) is 0 Å².